The van der Waals surface area contributed by atoms with Gasteiger partial charge in [0.1, 0.15) is 0 Å². The summed E-state index contributed by atoms with van der Waals surface area (Å²) < 4.78 is 5.72. The van der Waals surface area contributed by atoms with Crippen molar-refractivity contribution in [2.45, 2.75) is 44.2 Å². The van der Waals surface area contributed by atoms with Gasteiger partial charge in [0.15, 0.2) is 0 Å². The van der Waals surface area contributed by atoms with Crippen molar-refractivity contribution >= 4 is 16.8 Å². The minimum absolute atomic E-state index is 0.0846. The van der Waals surface area contributed by atoms with Crippen molar-refractivity contribution in [2.24, 2.45) is 5.92 Å². The highest BCUT2D eigenvalue weighted by Gasteiger charge is 2.31. The number of carbonyl (C=O) groups is 1. The Morgan fingerprint density at radius 1 is 1.22 bits per heavy atom. The second-order valence-electron chi connectivity index (χ2n) is 8.02. The fraction of sp³-hybridized carbons (Fsp3) is 0.545. The molecule has 2 aliphatic rings. The van der Waals surface area contributed by atoms with E-state index in [2.05, 4.69) is 40.4 Å². The fourth-order valence-corrected chi connectivity index (χ4v) is 4.53. The van der Waals surface area contributed by atoms with E-state index in [1.807, 2.05) is 18.3 Å². The van der Waals surface area contributed by atoms with Crippen LogP contribution in [0, 0.1) is 5.92 Å². The molecule has 2 heterocycles. The molecule has 5 heteroatoms. The number of aromatic nitrogens is 1. The average Bonchev–Trinajstić information content (AvgIpc) is 3.35. The number of fused-ring (bicyclic) bond motifs is 1. The highest BCUT2D eigenvalue weighted by Crippen LogP contribution is 2.25. The van der Waals surface area contributed by atoms with Crippen molar-refractivity contribution < 1.29 is 9.53 Å². The third kappa shape index (κ3) is 4.30. The summed E-state index contributed by atoms with van der Waals surface area (Å²) in [6, 6.07) is 11.0. The number of hydrogen-bond donors (Lipinski definition) is 1. The molecule has 27 heavy (non-hydrogen) atoms. The summed E-state index contributed by atoms with van der Waals surface area (Å²) in [6.45, 7) is 1.78. The zero-order valence-corrected chi connectivity index (χ0v) is 16.1. The van der Waals surface area contributed by atoms with Gasteiger partial charge in [-0.2, -0.15) is 0 Å². The van der Waals surface area contributed by atoms with Gasteiger partial charge in [0.25, 0.3) is 0 Å². The number of nitrogens with zero attached hydrogens (tertiary/aromatic N) is 2. The van der Waals surface area contributed by atoms with Gasteiger partial charge in [-0.05, 0) is 44.0 Å². The van der Waals surface area contributed by atoms with Crippen LogP contribution >= 0.6 is 0 Å². The minimum Gasteiger partial charge on any atom is -0.379 e. The van der Waals surface area contributed by atoms with Gasteiger partial charge in [-0.15, -0.1) is 0 Å². The van der Waals surface area contributed by atoms with Crippen molar-refractivity contribution in [3.05, 3.63) is 42.1 Å². The molecule has 4 rings (SSSR count). The van der Waals surface area contributed by atoms with E-state index >= 15 is 0 Å². The first-order valence-corrected chi connectivity index (χ1v) is 10.1. The molecule has 1 amide bonds. The van der Waals surface area contributed by atoms with Crippen LogP contribution in [0.15, 0.2) is 36.5 Å². The van der Waals surface area contributed by atoms with E-state index < -0.39 is 0 Å². The summed E-state index contributed by atoms with van der Waals surface area (Å²) in [5.74, 6) is 0.418. The smallest absolute Gasteiger partial charge is 0.234 e. The van der Waals surface area contributed by atoms with Crippen LogP contribution in [0.25, 0.3) is 10.9 Å². The lowest BCUT2D eigenvalue weighted by Gasteiger charge is -2.25. The molecule has 144 valence electrons. The molecule has 1 saturated heterocycles. The molecule has 2 aromatic rings. The van der Waals surface area contributed by atoms with E-state index in [1.54, 1.807) is 0 Å². The molecule has 1 aromatic heterocycles. The number of amides is 1. The maximum absolute atomic E-state index is 12.6. The SMILES string of the molecule is CN(CC(=O)NC1COCC1Cc1ccnc2ccccc12)C1CCCC1. The largest absolute Gasteiger partial charge is 0.379 e. The zero-order chi connectivity index (χ0) is 18.6. The Bertz CT molecular complexity index is 783. The van der Waals surface area contributed by atoms with Gasteiger partial charge in [-0.1, -0.05) is 31.0 Å². The summed E-state index contributed by atoms with van der Waals surface area (Å²) in [4.78, 5) is 19.2. The van der Waals surface area contributed by atoms with Gasteiger partial charge in [0.05, 0.1) is 31.3 Å². The number of ether oxygens (including phenoxy) is 1. The molecule has 0 spiro atoms. The van der Waals surface area contributed by atoms with Gasteiger partial charge in [0, 0.05) is 23.5 Å². The van der Waals surface area contributed by atoms with Crippen molar-refractivity contribution in [2.75, 3.05) is 26.8 Å². The molecule has 2 fully saturated rings. The Labute approximate surface area is 161 Å². The first-order valence-electron chi connectivity index (χ1n) is 10.1. The van der Waals surface area contributed by atoms with Gasteiger partial charge < -0.3 is 10.1 Å². The third-order valence-electron chi connectivity index (χ3n) is 6.11. The first kappa shape index (κ1) is 18.4. The second kappa shape index (κ2) is 8.36. The monoisotopic (exact) mass is 367 g/mol. The molecular weight excluding hydrogens is 338 g/mol. The summed E-state index contributed by atoms with van der Waals surface area (Å²) in [7, 11) is 2.07. The van der Waals surface area contributed by atoms with Crippen LogP contribution < -0.4 is 5.32 Å². The molecule has 1 aromatic carbocycles. The Hall–Kier alpha value is -1.98. The van der Waals surface area contributed by atoms with Crippen LogP contribution in [0.5, 0.6) is 0 Å². The van der Waals surface area contributed by atoms with Crippen molar-refractivity contribution in [3.63, 3.8) is 0 Å². The van der Waals surface area contributed by atoms with E-state index in [-0.39, 0.29) is 11.9 Å². The normalized spacial score (nSPS) is 23.3. The number of carbonyl (C=O) groups excluding carboxylic acids is 1. The molecule has 1 aliphatic heterocycles. The zero-order valence-electron chi connectivity index (χ0n) is 16.1. The van der Waals surface area contributed by atoms with Gasteiger partial charge in [-0.3, -0.25) is 14.7 Å². The van der Waals surface area contributed by atoms with Crippen LogP contribution in [0.3, 0.4) is 0 Å². The van der Waals surface area contributed by atoms with Crippen LogP contribution in [0.4, 0.5) is 0 Å². The average molecular weight is 367 g/mol. The van der Waals surface area contributed by atoms with Crippen molar-refractivity contribution in [3.8, 4) is 0 Å². The summed E-state index contributed by atoms with van der Waals surface area (Å²) >= 11 is 0. The third-order valence-corrected chi connectivity index (χ3v) is 6.11. The number of benzene rings is 1. The van der Waals surface area contributed by atoms with E-state index in [1.165, 1.54) is 36.6 Å². The maximum Gasteiger partial charge on any atom is 0.234 e. The lowest BCUT2D eigenvalue weighted by Crippen LogP contribution is -2.46. The molecule has 1 aliphatic carbocycles. The number of hydrogen-bond acceptors (Lipinski definition) is 4. The molecule has 5 nitrogen and oxygen atoms in total. The van der Waals surface area contributed by atoms with E-state index in [0.29, 0.717) is 31.7 Å². The number of para-hydroxylation sites is 1. The predicted molar refractivity (Wildman–Crippen MR) is 107 cm³/mol. The Morgan fingerprint density at radius 3 is 2.89 bits per heavy atom. The predicted octanol–water partition coefficient (Wildman–Crippen LogP) is 2.78. The van der Waals surface area contributed by atoms with Crippen molar-refractivity contribution in [1.29, 1.82) is 0 Å². The first-order chi connectivity index (χ1) is 13.2. The topological polar surface area (TPSA) is 54.5 Å². The van der Waals surface area contributed by atoms with Gasteiger partial charge >= 0.3 is 0 Å². The Balaban J connectivity index is 1.38. The standard InChI is InChI=1S/C22H29N3O2/c1-25(18-6-2-3-7-18)13-22(26)24-21-15-27-14-17(21)12-16-10-11-23-20-9-5-4-8-19(16)20/h4-5,8-11,17-18,21H,2-3,6-7,12-15H2,1H3,(H,24,26). The number of rotatable bonds is 6. The number of pyridine rings is 1. The molecular formula is C22H29N3O2. The molecule has 2 atom stereocenters. The summed E-state index contributed by atoms with van der Waals surface area (Å²) in [5.41, 5.74) is 2.30. The molecule has 2 unspecified atom stereocenters. The summed E-state index contributed by atoms with van der Waals surface area (Å²) in [6.07, 6.45) is 7.77. The van der Waals surface area contributed by atoms with Crippen LogP contribution in [0.1, 0.15) is 31.2 Å². The molecule has 0 radical (unpaired) electrons. The van der Waals surface area contributed by atoms with Crippen LogP contribution in [-0.2, 0) is 16.0 Å². The molecule has 1 saturated carbocycles. The van der Waals surface area contributed by atoms with E-state index in [9.17, 15) is 4.79 Å². The van der Waals surface area contributed by atoms with Gasteiger partial charge in [0.2, 0.25) is 5.91 Å². The van der Waals surface area contributed by atoms with Gasteiger partial charge in [-0.25, -0.2) is 0 Å². The van der Waals surface area contributed by atoms with E-state index in [4.69, 9.17) is 4.74 Å². The highest BCUT2D eigenvalue weighted by atomic mass is 16.5. The number of likely N-dealkylation sites (N-methyl/N-ethyl adjacent to an activating group) is 1. The lowest BCUT2D eigenvalue weighted by molar-refractivity contribution is -0.123. The van der Waals surface area contributed by atoms with Crippen LogP contribution in [0.2, 0.25) is 0 Å². The molecule has 0 bridgehead atoms. The lowest BCUT2D eigenvalue weighted by atomic mass is 9.93. The Morgan fingerprint density at radius 2 is 2.04 bits per heavy atom. The summed E-state index contributed by atoms with van der Waals surface area (Å²) in [5, 5.41) is 4.42. The minimum atomic E-state index is 0.0846. The fourth-order valence-electron chi connectivity index (χ4n) is 4.53. The molecule has 1 N–H and O–H groups in total. The second-order valence-corrected chi connectivity index (χ2v) is 8.02. The Kier molecular flexibility index (Phi) is 5.69. The quantitative estimate of drug-likeness (QED) is 0.853. The van der Waals surface area contributed by atoms with Crippen molar-refractivity contribution in [1.82, 2.24) is 15.2 Å². The highest BCUT2D eigenvalue weighted by molar-refractivity contribution is 5.82. The maximum atomic E-state index is 12.6. The van der Waals surface area contributed by atoms with Crippen LogP contribution in [-0.4, -0.2) is 54.7 Å². The van der Waals surface area contributed by atoms with E-state index in [0.717, 1.165) is 11.9 Å². The number of nitrogens with one attached hydrogen (secondary N) is 1.